The van der Waals surface area contributed by atoms with E-state index in [0.717, 1.165) is 31.7 Å². The van der Waals surface area contributed by atoms with E-state index in [9.17, 15) is 4.79 Å². The lowest BCUT2D eigenvalue weighted by molar-refractivity contribution is 0.0526. The Balaban J connectivity index is 2.50. The molecule has 5 heteroatoms. The van der Waals surface area contributed by atoms with Crippen LogP contribution in [0.15, 0.2) is 18.2 Å². The van der Waals surface area contributed by atoms with Gasteiger partial charge in [0, 0.05) is 20.3 Å². The maximum absolute atomic E-state index is 11.5. The van der Waals surface area contributed by atoms with Crippen molar-refractivity contribution >= 4 is 17.3 Å². The Kier molecular flexibility index (Phi) is 6.74. The smallest absolute Gasteiger partial charge is 0.338 e. The molecule has 1 aromatic carbocycles. The molecular formula is C14H22N2O3. The maximum atomic E-state index is 11.5. The second-order valence-electron chi connectivity index (χ2n) is 4.15. The van der Waals surface area contributed by atoms with Gasteiger partial charge >= 0.3 is 5.97 Å². The molecule has 0 aliphatic carbocycles. The molecule has 19 heavy (non-hydrogen) atoms. The van der Waals surface area contributed by atoms with Crippen molar-refractivity contribution in [2.24, 2.45) is 0 Å². The van der Waals surface area contributed by atoms with Gasteiger partial charge in [0.15, 0.2) is 0 Å². The number of hydrogen-bond donors (Lipinski definition) is 2. The number of unbranched alkanes of at least 4 members (excludes halogenated alkanes) is 1. The first kappa shape index (κ1) is 15.3. The van der Waals surface area contributed by atoms with Crippen molar-refractivity contribution in [3.05, 3.63) is 23.8 Å². The largest absolute Gasteiger partial charge is 0.462 e. The van der Waals surface area contributed by atoms with Crippen molar-refractivity contribution < 1.29 is 14.3 Å². The first-order valence-electron chi connectivity index (χ1n) is 6.48. The van der Waals surface area contributed by atoms with Crippen LogP contribution in [0, 0.1) is 0 Å². The highest BCUT2D eigenvalue weighted by Crippen LogP contribution is 2.20. The number of anilines is 2. The molecule has 5 nitrogen and oxygen atoms in total. The number of nitrogens with two attached hydrogens (primary N) is 1. The van der Waals surface area contributed by atoms with Gasteiger partial charge in [0.05, 0.1) is 23.5 Å². The van der Waals surface area contributed by atoms with Gasteiger partial charge in [-0.15, -0.1) is 0 Å². The SMILES string of the molecule is CCOC(=O)c1ccc(NCCCCOC)c(N)c1. The standard InChI is InChI=1S/C14H22N2O3/c1-3-19-14(17)11-6-7-13(12(15)10-11)16-8-4-5-9-18-2/h6-7,10,16H,3-5,8-9,15H2,1-2H3. The molecule has 0 bridgehead atoms. The molecule has 106 valence electrons. The summed E-state index contributed by atoms with van der Waals surface area (Å²) in [7, 11) is 1.69. The molecule has 0 spiro atoms. The number of nitrogen functional groups attached to an aromatic ring is 1. The van der Waals surface area contributed by atoms with E-state index in [2.05, 4.69) is 5.32 Å². The fourth-order valence-electron chi connectivity index (χ4n) is 1.66. The highest BCUT2D eigenvalue weighted by Gasteiger charge is 2.08. The van der Waals surface area contributed by atoms with Gasteiger partial charge in [0.2, 0.25) is 0 Å². The molecule has 0 radical (unpaired) electrons. The summed E-state index contributed by atoms with van der Waals surface area (Å²) in [6, 6.07) is 5.15. The van der Waals surface area contributed by atoms with Crippen LogP contribution in [0.1, 0.15) is 30.1 Å². The maximum Gasteiger partial charge on any atom is 0.338 e. The molecule has 0 atom stereocenters. The Morgan fingerprint density at radius 1 is 1.37 bits per heavy atom. The summed E-state index contributed by atoms with van der Waals surface area (Å²) in [5.41, 5.74) is 7.77. The molecule has 0 fully saturated rings. The second kappa shape index (κ2) is 8.37. The van der Waals surface area contributed by atoms with Crippen LogP contribution in [-0.4, -0.2) is 32.8 Å². The number of nitrogens with one attached hydrogen (secondary N) is 1. The van der Waals surface area contributed by atoms with E-state index < -0.39 is 0 Å². The van der Waals surface area contributed by atoms with Crippen LogP contribution in [0.25, 0.3) is 0 Å². The van der Waals surface area contributed by atoms with E-state index in [4.69, 9.17) is 15.2 Å². The molecule has 0 heterocycles. The molecule has 1 rings (SSSR count). The number of esters is 1. The van der Waals surface area contributed by atoms with Gasteiger partial charge in [0.1, 0.15) is 0 Å². The molecular weight excluding hydrogens is 244 g/mol. The minimum Gasteiger partial charge on any atom is -0.462 e. The molecule has 0 aliphatic heterocycles. The number of carbonyl (C=O) groups is 1. The van der Waals surface area contributed by atoms with Crippen molar-refractivity contribution in [3.63, 3.8) is 0 Å². The summed E-state index contributed by atoms with van der Waals surface area (Å²) in [5, 5.41) is 3.24. The molecule has 3 N–H and O–H groups in total. The zero-order valence-corrected chi connectivity index (χ0v) is 11.6. The van der Waals surface area contributed by atoms with Gasteiger partial charge in [-0.1, -0.05) is 0 Å². The molecule has 0 saturated carbocycles. The first-order chi connectivity index (χ1) is 9.19. The third kappa shape index (κ3) is 5.18. The van der Waals surface area contributed by atoms with Crippen molar-refractivity contribution in [1.82, 2.24) is 0 Å². The summed E-state index contributed by atoms with van der Waals surface area (Å²) in [5.74, 6) is -0.346. The number of benzene rings is 1. The quantitative estimate of drug-likeness (QED) is 0.429. The van der Waals surface area contributed by atoms with Gasteiger partial charge in [0.25, 0.3) is 0 Å². The van der Waals surface area contributed by atoms with Gasteiger partial charge in [-0.25, -0.2) is 4.79 Å². The van der Waals surface area contributed by atoms with Crippen LogP contribution >= 0.6 is 0 Å². The third-order valence-electron chi connectivity index (χ3n) is 2.65. The van der Waals surface area contributed by atoms with Gasteiger partial charge in [-0.05, 0) is 38.0 Å². The first-order valence-corrected chi connectivity index (χ1v) is 6.48. The number of hydrogen-bond acceptors (Lipinski definition) is 5. The van der Waals surface area contributed by atoms with Crippen LogP contribution in [0.5, 0.6) is 0 Å². The Bertz CT molecular complexity index is 408. The lowest BCUT2D eigenvalue weighted by Gasteiger charge is -2.10. The predicted molar refractivity (Wildman–Crippen MR) is 76.4 cm³/mol. The van der Waals surface area contributed by atoms with Crippen molar-refractivity contribution in [2.45, 2.75) is 19.8 Å². The lowest BCUT2D eigenvalue weighted by atomic mass is 10.1. The van der Waals surface area contributed by atoms with E-state index in [1.807, 2.05) is 0 Å². The van der Waals surface area contributed by atoms with Gasteiger partial charge in [-0.3, -0.25) is 0 Å². The van der Waals surface area contributed by atoms with Crippen LogP contribution in [0.2, 0.25) is 0 Å². The van der Waals surface area contributed by atoms with E-state index in [1.165, 1.54) is 0 Å². The topological polar surface area (TPSA) is 73.6 Å². The number of ether oxygens (including phenoxy) is 2. The summed E-state index contributed by atoms with van der Waals surface area (Å²) >= 11 is 0. The molecule has 0 aromatic heterocycles. The summed E-state index contributed by atoms with van der Waals surface area (Å²) < 4.78 is 9.90. The Labute approximate surface area is 114 Å². The fourth-order valence-corrected chi connectivity index (χ4v) is 1.66. The van der Waals surface area contributed by atoms with Crippen molar-refractivity contribution in [3.8, 4) is 0 Å². The minimum atomic E-state index is -0.346. The average Bonchev–Trinajstić information content (AvgIpc) is 2.40. The van der Waals surface area contributed by atoms with E-state index in [1.54, 1.807) is 32.2 Å². The van der Waals surface area contributed by atoms with Crippen LogP contribution < -0.4 is 11.1 Å². The predicted octanol–water partition coefficient (Wildman–Crippen LogP) is 2.28. The van der Waals surface area contributed by atoms with Crippen LogP contribution in [-0.2, 0) is 9.47 Å². The van der Waals surface area contributed by atoms with Gasteiger partial charge < -0.3 is 20.5 Å². The lowest BCUT2D eigenvalue weighted by Crippen LogP contribution is -2.08. The van der Waals surface area contributed by atoms with E-state index in [-0.39, 0.29) is 5.97 Å². The molecule has 0 aliphatic rings. The highest BCUT2D eigenvalue weighted by atomic mass is 16.5. The molecule has 0 saturated heterocycles. The Morgan fingerprint density at radius 3 is 2.79 bits per heavy atom. The Morgan fingerprint density at radius 2 is 2.16 bits per heavy atom. The number of rotatable bonds is 8. The van der Waals surface area contributed by atoms with E-state index >= 15 is 0 Å². The molecule has 1 aromatic rings. The Hall–Kier alpha value is -1.75. The average molecular weight is 266 g/mol. The highest BCUT2D eigenvalue weighted by molar-refractivity contribution is 5.91. The van der Waals surface area contributed by atoms with E-state index in [0.29, 0.717) is 17.9 Å². The van der Waals surface area contributed by atoms with Crippen LogP contribution in [0.4, 0.5) is 11.4 Å². The normalized spacial score (nSPS) is 10.2. The number of methoxy groups -OCH3 is 1. The third-order valence-corrected chi connectivity index (χ3v) is 2.65. The second-order valence-corrected chi connectivity index (χ2v) is 4.15. The summed E-state index contributed by atoms with van der Waals surface area (Å²) in [4.78, 5) is 11.5. The zero-order chi connectivity index (χ0) is 14.1. The summed E-state index contributed by atoms with van der Waals surface area (Å²) in [6.07, 6.45) is 2.01. The fraction of sp³-hybridized carbons (Fsp3) is 0.500. The molecule has 0 amide bonds. The van der Waals surface area contributed by atoms with Crippen molar-refractivity contribution in [1.29, 1.82) is 0 Å². The minimum absolute atomic E-state index is 0.346. The number of carbonyl (C=O) groups excluding carboxylic acids is 1. The monoisotopic (exact) mass is 266 g/mol. The summed E-state index contributed by atoms with van der Waals surface area (Å²) in [6.45, 7) is 3.72. The van der Waals surface area contributed by atoms with Gasteiger partial charge in [-0.2, -0.15) is 0 Å². The molecule has 0 unspecified atom stereocenters. The zero-order valence-electron chi connectivity index (χ0n) is 11.6. The van der Waals surface area contributed by atoms with Crippen LogP contribution in [0.3, 0.4) is 0 Å². The van der Waals surface area contributed by atoms with Crippen molar-refractivity contribution in [2.75, 3.05) is 37.9 Å².